The van der Waals surface area contributed by atoms with E-state index in [1.165, 1.54) is 25.8 Å². The Hall–Kier alpha value is -0.390. The number of halogens is 2. The molecule has 2 rings (SSSR count). The first-order chi connectivity index (χ1) is 9.52. The van der Waals surface area contributed by atoms with Crippen LogP contribution in [0.5, 0.6) is 0 Å². The van der Waals surface area contributed by atoms with Crippen molar-refractivity contribution in [1.29, 1.82) is 0 Å². The molecule has 0 heterocycles. The fourth-order valence-corrected chi connectivity index (χ4v) is 3.61. The van der Waals surface area contributed by atoms with Crippen LogP contribution >= 0.6 is 38.5 Å². The molecule has 1 N–H and O–H groups in total. The molecule has 0 radical (unpaired) electrons. The smallest absolute Gasteiger partial charge is 0.0369 e. The van der Waals surface area contributed by atoms with Gasteiger partial charge in [0.2, 0.25) is 0 Å². The summed E-state index contributed by atoms with van der Waals surface area (Å²) >= 11 is 5.99. The van der Waals surface area contributed by atoms with Gasteiger partial charge in [0.25, 0.3) is 0 Å². The second kappa shape index (κ2) is 7.05. The highest BCUT2D eigenvalue weighted by atomic mass is 127. The molecule has 0 amide bonds. The van der Waals surface area contributed by atoms with E-state index < -0.39 is 0 Å². The summed E-state index contributed by atoms with van der Waals surface area (Å²) in [6.45, 7) is 4.39. The Kier molecular flexibility index (Phi) is 5.64. The van der Waals surface area contributed by atoms with Gasteiger partial charge in [-0.25, -0.2) is 0 Å². The third-order valence-corrected chi connectivity index (χ3v) is 5.21. The molecule has 2 aromatic rings. The molecule has 20 heavy (non-hydrogen) atoms. The molecule has 0 fully saturated rings. The van der Waals surface area contributed by atoms with Crippen LogP contribution in [0.2, 0.25) is 0 Å². The van der Waals surface area contributed by atoms with Gasteiger partial charge in [-0.2, -0.15) is 0 Å². The van der Waals surface area contributed by atoms with Gasteiger partial charge in [-0.05, 0) is 90.4 Å². The fraction of sp³-hybridized carbons (Fsp3) is 0.294. The van der Waals surface area contributed by atoms with Crippen molar-refractivity contribution in [2.24, 2.45) is 0 Å². The summed E-state index contributed by atoms with van der Waals surface area (Å²) in [4.78, 5) is 0. The molecule has 0 aliphatic heterocycles. The van der Waals surface area contributed by atoms with Crippen molar-refractivity contribution < 1.29 is 0 Å². The monoisotopic (exact) mass is 443 g/mol. The van der Waals surface area contributed by atoms with Gasteiger partial charge in [-0.1, -0.05) is 34.1 Å². The Morgan fingerprint density at radius 1 is 1.15 bits per heavy atom. The molecule has 0 bridgehead atoms. The zero-order valence-corrected chi connectivity index (χ0v) is 15.7. The number of hydrogen-bond acceptors (Lipinski definition) is 1. The predicted molar refractivity (Wildman–Crippen MR) is 98.3 cm³/mol. The first-order valence-electron chi connectivity index (χ1n) is 6.70. The van der Waals surface area contributed by atoms with Gasteiger partial charge < -0.3 is 5.32 Å². The molecular formula is C17H19BrIN. The molecular weight excluding hydrogens is 425 g/mol. The highest BCUT2D eigenvalue weighted by Crippen LogP contribution is 2.28. The van der Waals surface area contributed by atoms with Gasteiger partial charge in [-0.15, -0.1) is 0 Å². The summed E-state index contributed by atoms with van der Waals surface area (Å²) in [5.41, 5.74) is 5.54. The molecule has 0 saturated carbocycles. The molecule has 106 valence electrons. The number of hydrogen-bond donors (Lipinski definition) is 1. The van der Waals surface area contributed by atoms with Crippen molar-refractivity contribution in [2.45, 2.75) is 26.3 Å². The number of rotatable bonds is 4. The molecule has 2 aromatic carbocycles. The lowest BCUT2D eigenvalue weighted by atomic mass is 9.93. The number of benzene rings is 2. The molecule has 3 heteroatoms. The van der Waals surface area contributed by atoms with Crippen molar-refractivity contribution >= 4 is 38.5 Å². The van der Waals surface area contributed by atoms with Crippen LogP contribution in [0.3, 0.4) is 0 Å². The molecule has 1 nitrogen and oxygen atoms in total. The van der Waals surface area contributed by atoms with Crippen LogP contribution in [0.25, 0.3) is 0 Å². The van der Waals surface area contributed by atoms with Crippen LogP contribution in [0.4, 0.5) is 0 Å². The number of nitrogens with one attached hydrogen (secondary N) is 1. The van der Waals surface area contributed by atoms with Gasteiger partial charge in [0, 0.05) is 14.1 Å². The van der Waals surface area contributed by atoms with Gasteiger partial charge in [0.15, 0.2) is 0 Å². The Morgan fingerprint density at radius 2 is 1.80 bits per heavy atom. The highest BCUT2D eigenvalue weighted by molar-refractivity contribution is 14.1. The third-order valence-electron chi connectivity index (χ3n) is 3.73. The van der Waals surface area contributed by atoms with Crippen molar-refractivity contribution in [2.75, 3.05) is 7.05 Å². The van der Waals surface area contributed by atoms with Gasteiger partial charge in [-0.3, -0.25) is 0 Å². The van der Waals surface area contributed by atoms with Crippen LogP contribution in [-0.4, -0.2) is 7.05 Å². The van der Waals surface area contributed by atoms with Crippen LogP contribution < -0.4 is 5.32 Å². The molecule has 1 unspecified atom stereocenters. The molecule has 0 spiro atoms. The second-order valence-corrected chi connectivity index (χ2v) is 7.16. The maximum Gasteiger partial charge on any atom is 0.0369 e. The summed E-state index contributed by atoms with van der Waals surface area (Å²) in [5.74, 6) is 0. The Balaban J connectivity index is 2.36. The van der Waals surface area contributed by atoms with Crippen LogP contribution in [0, 0.1) is 17.4 Å². The fourth-order valence-electron chi connectivity index (χ4n) is 2.52. The van der Waals surface area contributed by atoms with E-state index in [4.69, 9.17) is 0 Å². The van der Waals surface area contributed by atoms with E-state index in [2.05, 4.69) is 94.1 Å². The van der Waals surface area contributed by atoms with Crippen LogP contribution in [0.15, 0.2) is 40.9 Å². The van der Waals surface area contributed by atoms with Crippen molar-refractivity contribution in [1.82, 2.24) is 5.32 Å². The standard InChI is InChI=1S/C17H19BrIN/c1-11-5-4-6-12(2)14(11)10-17(20-3)15-9-13(18)7-8-16(15)19/h4-9,17,20H,10H2,1-3H3. The SMILES string of the molecule is CNC(Cc1c(C)cccc1C)c1cc(Br)ccc1I. The number of aryl methyl sites for hydroxylation is 2. The first kappa shape index (κ1) is 16.0. The van der Waals surface area contributed by atoms with E-state index in [1.54, 1.807) is 0 Å². The minimum Gasteiger partial charge on any atom is -0.313 e. The first-order valence-corrected chi connectivity index (χ1v) is 8.57. The minimum atomic E-state index is 0.333. The quantitative estimate of drug-likeness (QED) is 0.642. The van der Waals surface area contributed by atoms with Crippen molar-refractivity contribution in [3.05, 3.63) is 66.7 Å². The minimum absolute atomic E-state index is 0.333. The summed E-state index contributed by atoms with van der Waals surface area (Å²) in [6, 6.07) is 13.3. The number of likely N-dealkylation sites (N-methyl/N-ethyl adjacent to an activating group) is 1. The lowest BCUT2D eigenvalue weighted by Gasteiger charge is -2.21. The maximum absolute atomic E-state index is 3.58. The highest BCUT2D eigenvalue weighted by Gasteiger charge is 2.16. The summed E-state index contributed by atoms with van der Waals surface area (Å²) in [7, 11) is 2.04. The predicted octanol–water partition coefficient (Wildman–Crippen LogP) is 5.17. The van der Waals surface area contributed by atoms with Crippen molar-refractivity contribution in [3.63, 3.8) is 0 Å². The molecule has 0 aliphatic carbocycles. The van der Waals surface area contributed by atoms with Gasteiger partial charge >= 0.3 is 0 Å². The van der Waals surface area contributed by atoms with E-state index in [0.717, 1.165) is 10.9 Å². The average Bonchev–Trinajstić information content (AvgIpc) is 2.42. The Labute approximate surface area is 143 Å². The largest absolute Gasteiger partial charge is 0.313 e. The molecule has 0 saturated heterocycles. The molecule has 0 aliphatic rings. The van der Waals surface area contributed by atoms with Crippen LogP contribution in [0.1, 0.15) is 28.3 Å². The van der Waals surface area contributed by atoms with Crippen molar-refractivity contribution in [3.8, 4) is 0 Å². The van der Waals surface area contributed by atoms with E-state index >= 15 is 0 Å². The van der Waals surface area contributed by atoms with E-state index in [0.29, 0.717) is 6.04 Å². The molecule has 0 aromatic heterocycles. The van der Waals surface area contributed by atoms with Gasteiger partial charge in [0.05, 0.1) is 0 Å². The average molecular weight is 444 g/mol. The van der Waals surface area contributed by atoms with Crippen LogP contribution in [-0.2, 0) is 6.42 Å². The molecule has 1 atom stereocenters. The Bertz CT molecular complexity index is 590. The maximum atomic E-state index is 3.58. The normalized spacial score (nSPS) is 12.4. The zero-order chi connectivity index (χ0) is 14.7. The third kappa shape index (κ3) is 3.62. The summed E-state index contributed by atoms with van der Waals surface area (Å²) < 4.78 is 2.44. The topological polar surface area (TPSA) is 12.0 Å². The van der Waals surface area contributed by atoms with E-state index in [1.807, 2.05) is 7.05 Å². The van der Waals surface area contributed by atoms with Gasteiger partial charge in [0.1, 0.15) is 0 Å². The lowest BCUT2D eigenvalue weighted by Crippen LogP contribution is -2.20. The second-order valence-electron chi connectivity index (χ2n) is 5.08. The summed E-state index contributed by atoms with van der Waals surface area (Å²) in [5, 5.41) is 3.46. The zero-order valence-electron chi connectivity index (χ0n) is 12.0. The van der Waals surface area contributed by atoms with E-state index in [9.17, 15) is 0 Å². The Morgan fingerprint density at radius 3 is 2.40 bits per heavy atom. The van der Waals surface area contributed by atoms with E-state index in [-0.39, 0.29) is 0 Å². The summed E-state index contributed by atoms with van der Waals surface area (Å²) in [6.07, 6.45) is 1.02. The lowest BCUT2D eigenvalue weighted by molar-refractivity contribution is 0.586.